The quantitative estimate of drug-likeness (QED) is 0.847. The van der Waals surface area contributed by atoms with E-state index in [0.29, 0.717) is 24.4 Å². The number of rotatable bonds is 5. The van der Waals surface area contributed by atoms with Gasteiger partial charge in [0, 0.05) is 18.9 Å². The van der Waals surface area contributed by atoms with Crippen LogP contribution in [0.4, 0.5) is 5.95 Å². The molecule has 7 nitrogen and oxygen atoms in total. The molecule has 0 saturated heterocycles. The van der Waals surface area contributed by atoms with E-state index < -0.39 is 0 Å². The lowest BCUT2D eigenvalue weighted by Gasteiger charge is -2.07. The largest absolute Gasteiger partial charge is 0.464 e. The monoisotopic (exact) mass is 246 g/mol. The van der Waals surface area contributed by atoms with Gasteiger partial charge >= 0.3 is 6.01 Å². The summed E-state index contributed by atoms with van der Waals surface area (Å²) in [5.74, 6) is 0.972. The lowest BCUT2D eigenvalue weighted by molar-refractivity contribution is 0.312. The van der Waals surface area contributed by atoms with Gasteiger partial charge in [-0.1, -0.05) is 0 Å². The Bertz CT molecular complexity index is 480. The SMILES string of the molecule is CCNc1nc(OCC)nc(-c2cncnc2)n1. The summed E-state index contributed by atoms with van der Waals surface area (Å²) in [6.45, 7) is 5.07. The second-order valence-corrected chi connectivity index (χ2v) is 3.36. The van der Waals surface area contributed by atoms with Gasteiger partial charge in [0.1, 0.15) is 6.33 Å². The van der Waals surface area contributed by atoms with Gasteiger partial charge in [-0.15, -0.1) is 0 Å². The van der Waals surface area contributed by atoms with Gasteiger partial charge < -0.3 is 10.1 Å². The molecule has 0 radical (unpaired) electrons. The summed E-state index contributed by atoms with van der Waals surface area (Å²) < 4.78 is 5.31. The molecular weight excluding hydrogens is 232 g/mol. The molecule has 18 heavy (non-hydrogen) atoms. The van der Waals surface area contributed by atoms with Crippen LogP contribution in [-0.4, -0.2) is 38.1 Å². The minimum absolute atomic E-state index is 0.294. The lowest BCUT2D eigenvalue weighted by atomic mass is 10.3. The fraction of sp³-hybridized carbons (Fsp3) is 0.364. The smallest absolute Gasteiger partial charge is 0.321 e. The van der Waals surface area contributed by atoms with E-state index in [1.165, 1.54) is 6.33 Å². The number of aromatic nitrogens is 5. The van der Waals surface area contributed by atoms with Crippen LogP contribution in [0.25, 0.3) is 11.4 Å². The molecule has 0 aromatic carbocycles. The molecule has 2 aromatic rings. The van der Waals surface area contributed by atoms with Crippen molar-refractivity contribution in [3.05, 3.63) is 18.7 Å². The fourth-order valence-corrected chi connectivity index (χ4v) is 1.33. The molecule has 0 spiro atoms. The van der Waals surface area contributed by atoms with Crippen molar-refractivity contribution in [2.45, 2.75) is 13.8 Å². The molecule has 2 aromatic heterocycles. The molecule has 0 aliphatic heterocycles. The Kier molecular flexibility index (Phi) is 3.95. The molecule has 7 heteroatoms. The predicted molar refractivity (Wildman–Crippen MR) is 66.2 cm³/mol. The number of nitrogens with one attached hydrogen (secondary N) is 1. The third-order valence-electron chi connectivity index (χ3n) is 2.04. The van der Waals surface area contributed by atoms with Crippen molar-refractivity contribution in [1.29, 1.82) is 0 Å². The van der Waals surface area contributed by atoms with Gasteiger partial charge in [0.25, 0.3) is 0 Å². The van der Waals surface area contributed by atoms with Crippen molar-refractivity contribution in [1.82, 2.24) is 24.9 Å². The second kappa shape index (κ2) is 5.85. The van der Waals surface area contributed by atoms with Crippen LogP contribution < -0.4 is 10.1 Å². The van der Waals surface area contributed by atoms with Crippen molar-refractivity contribution in [3.63, 3.8) is 0 Å². The highest BCUT2D eigenvalue weighted by Gasteiger charge is 2.09. The number of ether oxygens (including phenoxy) is 1. The maximum Gasteiger partial charge on any atom is 0.321 e. The molecule has 1 N–H and O–H groups in total. The molecular formula is C11H14N6O. The van der Waals surface area contributed by atoms with E-state index in [4.69, 9.17) is 4.74 Å². The summed E-state index contributed by atoms with van der Waals surface area (Å²) in [5.41, 5.74) is 0.722. The van der Waals surface area contributed by atoms with Crippen LogP contribution >= 0.6 is 0 Å². The Morgan fingerprint density at radius 1 is 1.11 bits per heavy atom. The van der Waals surface area contributed by atoms with Crippen molar-refractivity contribution in [2.75, 3.05) is 18.5 Å². The average Bonchev–Trinajstić information content (AvgIpc) is 2.40. The maximum absolute atomic E-state index is 5.31. The Hall–Kier alpha value is -2.31. The average molecular weight is 246 g/mol. The molecule has 2 rings (SSSR count). The summed E-state index contributed by atoms with van der Waals surface area (Å²) in [5, 5.41) is 3.03. The zero-order valence-corrected chi connectivity index (χ0v) is 10.3. The summed E-state index contributed by atoms with van der Waals surface area (Å²) in [6, 6.07) is 0.294. The Morgan fingerprint density at radius 3 is 2.56 bits per heavy atom. The standard InChI is InChI=1S/C11H14N6O/c1-3-14-10-15-9(8-5-12-7-13-6-8)16-11(17-10)18-4-2/h5-7H,3-4H2,1-2H3,(H,14,15,16,17). The topological polar surface area (TPSA) is 85.7 Å². The first-order valence-electron chi connectivity index (χ1n) is 5.71. The van der Waals surface area contributed by atoms with E-state index >= 15 is 0 Å². The van der Waals surface area contributed by atoms with E-state index in [-0.39, 0.29) is 0 Å². The zero-order valence-electron chi connectivity index (χ0n) is 10.3. The molecule has 0 saturated carbocycles. The number of nitrogens with zero attached hydrogens (tertiary/aromatic N) is 5. The van der Waals surface area contributed by atoms with Crippen LogP contribution in [0.15, 0.2) is 18.7 Å². The summed E-state index contributed by atoms with van der Waals surface area (Å²) in [4.78, 5) is 20.5. The van der Waals surface area contributed by atoms with Crippen LogP contribution in [0.1, 0.15) is 13.8 Å². The highest BCUT2D eigenvalue weighted by atomic mass is 16.5. The van der Waals surface area contributed by atoms with E-state index in [9.17, 15) is 0 Å². The Labute approximate surface area is 105 Å². The van der Waals surface area contributed by atoms with Crippen molar-refractivity contribution in [3.8, 4) is 17.4 Å². The number of hydrogen-bond donors (Lipinski definition) is 1. The number of anilines is 1. The lowest BCUT2D eigenvalue weighted by Crippen LogP contribution is -2.07. The van der Waals surface area contributed by atoms with Gasteiger partial charge in [-0.3, -0.25) is 0 Å². The summed E-state index contributed by atoms with van der Waals surface area (Å²) in [7, 11) is 0. The van der Waals surface area contributed by atoms with Gasteiger partial charge in [-0.25, -0.2) is 9.97 Å². The van der Waals surface area contributed by atoms with Crippen LogP contribution in [0.2, 0.25) is 0 Å². The van der Waals surface area contributed by atoms with Gasteiger partial charge in [0.2, 0.25) is 5.95 Å². The van der Waals surface area contributed by atoms with Crippen LogP contribution in [-0.2, 0) is 0 Å². The minimum atomic E-state index is 0.294. The number of hydrogen-bond acceptors (Lipinski definition) is 7. The maximum atomic E-state index is 5.31. The van der Waals surface area contributed by atoms with E-state index in [1.54, 1.807) is 12.4 Å². The first-order valence-corrected chi connectivity index (χ1v) is 5.71. The second-order valence-electron chi connectivity index (χ2n) is 3.36. The van der Waals surface area contributed by atoms with E-state index in [0.717, 1.165) is 12.1 Å². The molecule has 0 fully saturated rings. The molecule has 0 unspecified atom stereocenters. The molecule has 0 bridgehead atoms. The normalized spacial score (nSPS) is 10.1. The van der Waals surface area contributed by atoms with E-state index in [2.05, 4.69) is 30.2 Å². The molecule has 0 amide bonds. The first kappa shape index (κ1) is 12.2. The minimum Gasteiger partial charge on any atom is -0.464 e. The first-order chi connectivity index (χ1) is 8.83. The Balaban J connectivity index is 2.39. The highest BCUT2D eigenvalue weighted by Crippen LogP contribution is 2.16. The van der Waals surface area contributed by atoms with E-state index in [1.807, 2.05) is 13.8 Å². The third kappa shape index (κ3) is 2.88. The molecule has 0 aliphatic rings. The van der Waals surface area contributed by atoms with Crippen molar-refractivity contribution in [2.24, 2.45) is 0 Å². The predicted octanol–water partition coefficient (Wildman–Crippen LogP) is 1.16. The summed E-state index contributed by atoms with van der Waals surface area (Å²) >= 11 is 0. The fourth-order valence-electron chi connectivity index (χ4n) is 1.33. The van der Waals surface area contributed by atoms with Gasteiger partial charge in [0.05, 0.1) is 12.2 Å². The molecule has 0 atom stereocenters. The van der Waals surface area contributed by atoms with Crippen molar-refractivity contribution < 1.29 is 4.74 Å². The van der Waals surface area contributed by atoms with Crippen LogP contribution in [0.3, 0.4) is 0 Å². The van der Waals surface area contributed by atoms with Crippen molar-refractivity contribution >= 4 is 5.95 Å². The van der Waals surface area contributed by atoms with Gasteiger partial charge in [0.15, 0.2) is 5.82 Å². The third-order valence-corrected chi connectivity index (χ3v) is 2.04. The Morgan fingerprint density at radius 2 is 1.89 bits per heavy atom. The van der Waals surface area contributed by atoms with Gasteiger partial charge in [-0.05, 0) is 13.8 Å². The molecule has 94 valence electrons. The zero-order chi connectivity index (χ0) is 12.8. The van der Waals surface area contributed by atoms with Gasteiger partial charge in [-0.2, -0.15) is 15.0 Å². The highest BCUT2D eigenvalue weighted by molar-refractivity contribution is 5.53. The van der Waals surface area contributed by atoms with Crippen LogP contribution in [0.5, 0.6) is 6.01 Å². The molecule has 2 heterocycles. The molecule has 0 aliphatic carbocycles. The summed E-state index contributed by atoms with van der Waals surface area (Å²) in [6.07, 6.45) is 4.75. The van der Waals surface area contributed by atoms with Crippen LogP contribution in [0, 0.1) is 0 Å².